The van der Waals surface area contributed by atoms with Gasteiger partial charge in [0.2, 0.25) is 0 Å². The molecule has 0 heterocycles. The van der Waals surface area contributed by atoms with Gasteiger partial charge in [0.25, 0.3) is 0 Å². The molecule has 3 rings (SSSR count). The predicted molar refractivity (Wildman–Crippen MR) is 110 cm³/mol. The van der Waals surface area contributed by atoms with Crippen molar-refractivity contribution in [1.29, 1.82) is 0 Å². The molecule has 3 aromatic carbocycles. The van der Waals surface area contributed by atoms with Gasteiger partial charge in [-0.2, -0.15) is 0 Å². The molecule has 0 spiro atoms. The Morgan fingerprint density at radius 3 is 0.960 bits per heavy atom. The van der Waals surface area contributed by atoms with Gasteiger partial charge in [-0.25, -0.2) is 0 Å². The van der Waals surface area contributed by atoms with Crippen molar-refractivity contribution in [2.45, 2.75) is 27.7 Å². The van der Waals surface area contributed by atoms with Crippen LogP contribution in [0.3, 0.4) is 0 Å². The van der Waals surface area contributed by atoms with E-state index in [4.69, 9.17) is 0 Å². The fraction of sp³-hybridized carbons (Fsp3) is 0.217. The molecular weight excluding hydrogens is 387 g/mol. The van der Waals surface area contributed by atoms with E-state index < -0.39 is 7.26 Å². The summed E-state index contributed by atoms with van der Waals surface area (Å²) in [5.74, 6) is 0. The number of aryl methyl sites for hydroxylation is 3. The maximum Gasteiger partial charge on any atom is 0.111 e. The standard InChI is InChI=1S/C23H26P.BrH/c1-5-24(21-12-6-18(2)7-13-21,22-14-8-19(3)9-15-22)23-16-10-20(4)11-17-23;/h6-17H,5H2,1-4H3;1H/q+1;/p-1. The summed E-state index contributed by atoms with van der Waals surface area (Å²) in [4.78, 5) is 0. The Morgan fingerprint density at radius 2 is 0.760 bits per heavy atom. The first kappa shape index (κ1) is 19.9. The van der Waals surface area contributed by atoms with Gasteiger partial charge in [0, 0.05) is 0 Å². The molecule has 0 saturated carbocycles. The molecule has 2 heteroatoms. The van der Waals surface area contributed by atoms with E-state index in [1.807, 2.05) is 0 Å². The summed E-state index contributed by atoms with van der Waals surface area (Å²) < 4.78 is 0. The first-order valence-corrected chi connectivity index (χ1v) is 10.6. The molecule has 0 aliphatic rings. The maximum atomic E-state index is 2.34. The lowest BCUT2D eigenvalue weighted by Crippen LogP contribution is -3.00. The third kappa shape index (κ3) is 3.89. The minimum Gasteiger partial charge on any atom is -1.00 e. The third-order valence-corrected chi connectivity index (χ3v) is 9.39. The first-order chi connectivity index (χ1) is 11.6. The molecule has 25 heavy (non-hydrogen) atoms. The molecule has 0 saturated heterocycles. The third-order valence-electron chi connectivity index (χ3n) is 4.90. The van der Waals surface area contributed by atoms with Gasteiger partial charge in [-0.15, -0.1) is 0 Å². The van der Waals surface area contributed by atoms with Crippen molar-refractivity contribution >= 4 is 23.2 Å². The van der Waals surface area contributed by atoms with Crippen molar-refractivity contribution in [3.05, 3.63) is 89.5 Å². The molecule has 0 aliphatic heterocycles. The Labute approximate surface area is 163 Å². The molecule has 0 nitrogen and oxygen atoms in total. The molecule has 0 unspecified atom stereocenters. The Balaban J connectivity index is 0.00000225. The van der Waals surface area contributed by atoms with E-state index >= 15 is 0 Å². The quantitative estimate of drug-likeness (QED) is 0.574. The molecule has 0 bridgehead atoms. The van der Waals surface area contributed by atoms with E-state index in [1.54, 1.807) is 0 Å². The highest BCUT2D eigenvalue weighted by molar-refractivity contribution is 7.95. The predicted octanol–water partition coefficient (Wildman–Crippen LogP) is 1.93. The zero-order valence-electron chi connectivity index (χ0n) is 15.5. The average molecular weight is 413 g/mol. The summed E-state index contributed by atoms with van der Waals surface area (Å²) in [6.45, 7) is 8.82. The summed E-state index contributed by atoms with van der Waals surface area (Å²) >= 11 is 0. The largest absolute Gasteiger partial charge is 1.00 e. The van der Waals surface area contributed by atoms with Crippen LogP contribution in [0.2, 0.25) is 0 Å². The average Bonchev–Trinajstić information content (AvgIpc) is 2.60. The summed E-state index contributed by atoms with van der Waals surface area (Å²) in [6.07, 6.45) is 1.14. The van der Waals surface area contributed by atoms with Crippen LogP contribution in [-0.2, 0) is 0 Å². The minimum absolute atomic E-state index is 0. The number of benzene rings is 3. The van der Waals surface area contributed by atoms with Crippen molar-refractivity contribution in [1.82, 2.24) is 0 Å². The van der Waals surface area contributed by atoms with Crippen molar-refractivity contribution in [2.24, 2.45) is 0 Å². The summed E-state index contributed by atoms with van der Waals surface area (Å²) in [5, 5.41) is 4.43. The first-order valence-electron chi connectivity index (χ1n) is 8.66. The molecule has 0 fully saturated rings. The second-order valence-electron chi connectivity index (χ2n) is 6.63. The molecule has 0 amide bonds. The van der Waals surface area contributed by atoms with Crippen LogP contribution in [0.5, 0.6) is 0 Å². The molecule has 0 atom stereocenters. The molecule has 0 radical (unpaired) electrons. The van der Waals surface area contributed by atoms with Crippen LogP contribution in [0, 0.1) is 20.8 Å². The Morgan fingerprint density at radius 1 is 0.520 bits per heavy atom. The van der Waals surface area contributed by atoms with Crippen LogP contribution in [0.15, 0.2) is 72.8 Å². The lowest BCUT2D eigenvalue weighted by Gasteiger charge is -2.26. The lowest BCUT2D eigenvalue weighted by molar-refractivity contribution is -0.00000498. The van der Waals surface area contributed by atoms with Crippen LogP contribution in [0.1, 0.15) is 23.6 Å². The van der Waals surface area contributed by atoms with Gasteiger partial charge in [-0.3, -0.25) is 0 Å². The Kier molecular flexibility index (Phi) is 6.60. The topological polar surface area (TPSA) is 0 Å². The molecule has 0 aromatic heterocycles. The summed E-state index contributed by atoms with van der Waals surface area (Å²) in [6, 6.07) is 27.6. The number of halogens is 1. The zero-order chi connectivity index (χ0) is 17.2. The minimum atomic E-state index is -1.59. The Hall–Kier alpha value is -1.43. The fourth-order valence-corrected chi connectivity index (χ4v) is 7.36. The van der Waals surface area contributed by atoms with Crippen LogP contribution >= 0.6 is 7.26 Å². The number of hydrogen-bond donors (Lipinski definition) is 0. The van der Waals surface area contributed by atoms with E-state index in [1.165, 1.54) is 32.6 Å². The Bertz CT molecular complexity index is 691. The van der Waals surface area contributed by atoms with Crippen LogP contribution < -0.4 is 32.9 Å². The van der Waals surface area contributed by atoms with Crippen molar-refractivity contribution in [2.75, 3.05) is 6.16 Å². The van der Waals surface area contributed by atoms with E-state index in [2.05, 4.69) is 100 Å². The van der Waals surface area contributed by atoms with E-state index in [-0.39, 0.29) is 17.0 Å². The lowest BCUT2D eigenvalue weighted by atomic mass is 10.2. The smallest absolute Gasteiger partial charge is 0.111 e. The van der Waals surface area contributed by atoms with Gasteiger partial charge < -0.3 is 17.0 Å². The molecule has 0 aliphatic carbocycles. The maximum absolute atomic E-state index is 2.34. The molecule has 0 N–H and O–H groups in total. The van der Waals surface area contributed by atoms with E-state index in [9.17, 15) is 0 Å². The van der Waals surface area contributed by atoms with E-state index in [0.717, 1.165) is 6.16 Å². The highest BCUT2D eigenvalue weighted by Gasteiger charge is 2.43. The van der Waals surface area contributed by atoms with Gasteiger partial charge in [-0.1, -0.05) is 53.1 Å². The second-order valence-corrected chi connectivity index (χ2v) is 10.4. The van der Waals surface area contributed by atoms with Gasteiger partial charge in [-0.05, 0) is 64.1 Å². The fourth-order valence-electron chi connectivity index (χ4n) is 3.39. The normalized spacial score (nSPS) is 11.0. The van der Waals surface area contributed by atoms with Gasteiger partial charge in [0.1, 0.15) is 23.2 Å². The van der Waals surface area contributed by atoms with Gasteiger partial charge in [0.15, 0.2) is 0 Å². The van der Waals surface area contributed by atoms with Crippen molar-refractivity contribution in [3.63, 3.8) is 0 Å². The SMILES string of the molecule is CC[P+](c1ccc(C)cc1)(c1ccc(C)cc1)c1ccc(C)cc1.[Br-]. The van der Waals surface area contributed by atoms with Crippen LogP contribution in [-0.4, -0.2) is 6.16 Å². The van der Waals surface area contributed by atoms with Crippen molar-refractivity contribution < 1.29 is 17.0 Å². The monoisotopic (exact) mass is 412 g/mol. The van der Waals surface area contributed by atoms with Crippen molar-refractivity contribution in [3.8, 4) is 0 Å². The summed E-state index contributed by atoms with van der Waals surface area (Å²) in [7, 11) is -1.59. The van der Waals surface area contributed by atoms with Gasteiger partial charge in [0.05, 0.1) is 6.16 Å². The number of rotatable bonds is 4. The zero-order valence-corrected chi connectivity index (χ0v) is 17.9. The highest BCUT2D eigenvalue weighted by atomic mass is 79.9. The molecule has 3 aromatic rings. The molecule has 130 valence electrons. The van der Waals surface area contributed by atoms with Gasteiger partial charge >= 0.3 is 0 Å². The molecular formula is C23H26BrP. The van der Waals surface area contributed by atoms with Crippen LogP contribution in [0.25, 0.3) is 0 Å². The number of hydrogen-bond acceptors (Lipinski definition) is 0. The highest BCUT2D eigenvalue weighted by Crippen LogP contribution is 2.54. The second kappa shape index (κ2) is 8.30. The van der Waals surface area contributed by atoms with Crippen LogP contribution in [0.4, 0.5) is 0 Å². The summed E-state index contributed by atoms with van der Waals surface area (Å²) in [5.41, 5.74) is 3.96. The van der Waals surface area contributed by atoms with E-state index in [0.29, 0.717) is 0 Å².